The predicted octanol–water partition coefficient (Wildman–Crippen LogP) is 1.56. The molecule has 6 nitrogen and oxygen atoms in total. The number of aromatic nitrogens is 3. The van der Waals surface area contributed by atoms with E-state index in [2.05, 4.69) is 42.7 Å². The maximum Gasteiger partial charge on any atom is 0.141 e. The molecule has 1 saturated heterocycles. The third kappa shape index (κ3) is 4.76. The van der Waals surface area contributed by atoms with Gasteiger partial charge in [0.25, 0.3) is 0 Å². The van der Waals surface area contributed by atoms with E-state index in [4.69, 9.17) is 9.47 Å². The monoisotopic (exact) mass is 296 g/mol. The summed E-state index contributed by atoms with van der Waals surface area (Å²) in [5.41, 5.74) is -0.162. The molecule has 0 spiro atoms. The molecule has 1 aromatic heterocycles. The Labute approximate surface area is 127 Å². The number of morpholine rings is 1. The number of hydrogen-bond acceptors (Lipinski definition) is 5. The zero-order valence-corrected chi connectivity index (χ0v) is 13.9. The number of methoxy groups -OCH3 is 1. The molecule has 0 unspecified atom stereocenters. The van der Waals surface area contributed by atoms with Gasteiger partial charge in [-0.15, -0.1) is 0 Å². The average Bonchev–Trinajstić information content (AvgIpc) is 2.74. The first-order valence-corrected chi connectivity index (χ1v) is 7.65. The van der Waals surface area contributed by atoms with Gasteiger partial charge in [-0.2, -0.15) is 5.10 Å². The van der Waals surface area contributed by atoms with Crippen LogP contribution in [0.5, 0.6) is 0 Å². The summed E-state index contributed by atoms with van der Waals surface area (Å²) in [6, 6.07) is 0. The minimum absolute atomic E-state index is 0.111. The minimum atomic E-state index is -0.162. The molecule has 2 rings (SSSR count). The van der Waals surface area contributed by atoms with Crippen molar-refractivity contribution in [1.29, 1.82) is 0 Å². The van der Waals surface area contributed by atoms with E-state index in [9.17, 15) is 0 Å². The molecule has 1 aromatic rings. The highest BCUT2D eigenvalue weighted by molar-refractivity contribution is 4.90. The third-order valence-corrected chi connectivity index (χ3v) is 3.50. The first-order valence-electron chi connectivity index (χ1n) is 7.65. The number of ether oxygens (including phenoxy) is 2. The van der Waals surface area contributed by atoms with E-state index < -0.39 is 0 Å². The first kappa shape index (κ1) is 16.4. The lowest BCUT2D eigenvalue weighted by Crippen LogP contribution is -2.53. The van der Waals surface area contributed by atoms with Crippen LogP contribution in [0.4, 0.5) is 0 Å². The molecule has 0 bridgehead atoms. The molecule has 1 fully saturated rings. The van der Waals surface area contributed by atoms with Crippen molar-refractivity contribution in [3.63, 3.8) is 0 Å². The van der Waals surface area contributed by atoms with Crippen LogP contribution in [0.3, 0.4) is 0 Å². The van der Waals surface area contributed by atoms with Crippen molar-refractivity contribution in [3.8, 4) is 0 Å². The lowest BCUT2D eigenvalue weighted by atomic mass is 10.1. The van der Waals surface area contributed by atoms with Gasteiger partial charge in [0.05, 0.1) is 24.9 Å². The van der Waals surface area contributed by atoms with E-state index in [-0.39, 0.29) is 11.7 Å². The van der Waals surface area contributed by atoms with E-state index in [1.54, 1.807) is 13.4 Å². The second kappa shape index (κ2) is 6.85. The zero-order valence-electron chi connectivity index (χ0n) is 13.9. The van der Waals surface area contributed by atoms with Crippen LogP contribution in [0, 0.1) is 5.92 Å². The quantitative estimate of drug-likeness (QED) is 0.797. The van der Waals surface area contributed by atoms with Crippen LogP contribution in [-0.2, 0) is 22.6 Å². The van der Waals surface area contributed by atoms with Crippen LogP contribution < -0.4 is 0 Å². The lowest BCUT2D eigenvalue weighted by molar-refractivity contribution is -0.154. The highest BCUT2D eigenvalue weighted by Gasteiger charge is 2.33. The van der Waals surface area contributed by atoms with Gasteiger partial charge in [-0.1, -0.05) is 13.8 Å². The molecule has 2 heterocycles. The van der Waals surface area contributed by atoms with E-state index in [1.807, 2.05) is 4.68 Å². The van der Waals surface area contributed by atoms with Crippen LogP contribution in [0.1, 0.15) is 33.5 Å². The summed E-state index contributed by atoms with van der Waals surface area (Å²) in [6.07, 6.45) is 1.76. The smallest absolute Gasteiger partial charge is 0.141 e. The molecule has 1 atom stereocenters. The fourth-order valence-corrected chi connectivity index (χ4v) is 2.92. The Morgan fingerprint density at radius 2 is 2.24 bits per heavy atom. The Kier molecular flexibility index (Phi) is 5.35. The fraction of sp³-hybridized carbons (Fsp3) is 0.867. The molecule has 0 amide bonds. The average molecular weight is 296 g/mol. The van der Waals surface area contributed by atoms with Gasteiger partial charge in [0, 0.05) is 26.7 Å². The van der Waals surface area contributed by atoms with Gasteiger partial charge < -0.3 is 9.47 Å². The molecule has 1 aliphatic heterocycles. The van der Waals surface area contributed by atoms with E-state index in [0.717, 1.165) is 32.0 Å². The largest absolute Gasteiger partial charge is 0.382 e. The van der Waals surface area contributed by atoms with Crippen LogP contribution in [-0.4, -0.2) is 58.2 Å². The van der Waals surface area contributed by atoms with E-state index >= 15 is 0 Å². The standard InChI is InChI=1S/C15H28N4O2/c1-12(2)6-19-14(16-11-17-19)8-18-7-13(9-20-5)21-15(3,4)10-18/h11-13H,6-10H2,1-5H3/t13-/m0/s1. The van der Waals surface area contributed by atoms with Crippen molar-refractivity contribution in [3.05, 3.63) is 12.2 Å². The summed E-state index contributed by atoms with van der Waals surface area (Å²) < 4.78 is 13.3. The summed E-state index contributed by atoms with van der Waals surface area (Å²) in [5, 5.41) is 4.34. The molecule has 0 aromatic carbocycles. The second-order valence-electron chi connectivity index (χ2n) is 6.88. The lowest BCUT2D eigenvalue weighted by Gasteiger charge is -2.42. The highest BCUT2D eigenvalue weighted by atomic mass is 16.5. The Bertz CT molecular complexity index is 445. The van der Waals surface area contributed by atoms with Crippen molar-refractivity contribution < 1.29 is 9.47 Å². The van der Waals surface area contributed by atoms with Gasteiger partial charge in [0.1, 0.15) is 12.2 Å². The fourth-order valence-electron chi connectivity index (χ4n) is 2.92. The van der Waals surface area contributed by atoms with Gasteiger partial charge in [0.15, 0.2) is 0 Å². The normalized spacial score (nSPS) is 22.9. The summed E-state index contributed by atoms with van der Waals surface area (Å²) in [7, 11) is 1.72. The number of nitrogens with zero attached hydrogens (tertiary/aromatic N) is 4. The molecule has 0 N–H and O–H groups in total. The van der Waals surface area contributed by atoms with Crippen LogP contribution >= 0.6 is 0 Å². The van der Waals surface area contributed by atoms with Gasteiger partial charge in [0.2, 0.25) is 0 Å². The van der Waals surface area contributed by atoms with Crippen molar-refractivity contribution in [2.45, 2.75) is 52.5 Å². The van der Waals surface area contributed by atoms with Gasteiger partial charge in [-0.3, -0.25) is 4.90 Å². The molecular formula is C15H28N4O2. The zero-order chi connectivity index (χ0) is 15.5. The summed E-state index contributed by atoms with van der Waals surface area (Å²) in [6.45, 7) is 12.7. The minimum Gasteiger partial charge on any atom is -0.382 e. The second-order valence-corrected chi connectivity index (χ2v) is 6.88. The van der Waals surface area contributed by atoms with Crippen LogP contribution in [0.2, 0.25) is 0 Å². The maximum absolute atomic E-state index is 6.05. The first-order chi connectivity index (χ1) is 9.89. The molecule has 1 aliphatic rings. The van der Waals surface area contributed by atoms with Crippen molar-refractivity contribution >= 4 is 0 Å². The summed E-state index contributed by atoms with van der Waals surface area (Å²) in [4.78, 5) is 6.80. The molecule has 120 valence electrons. The van der Waals surface area contributed by atoms with Crippen molar-refractivity contribution in [2.24, 2.45) is 5.92 Å². The summed E-state index contributed by atoms with van der Waals surface area (Å²) in [5.74, 6) is 1.59. The Balaban J connectivity index is 2.02. The van der Waals surface area contributed by atoms with E-state index in [1.165, 1.54) is 0 Å². The predicted molar refractivity (Wildman–Crippen MR) is 81.0 cm³/mol. The Hall–Kier alpha value is -0.980. The van der Waals surface area contributed by atoms with Crippen LogP contribution in [0.15, 0.2) is 6.33 Å². The van der Waals surface area contributed by atoms with Crippen LogP contribution in [0.25, 0.3) is 0 Å². The highest BCUT2D eigenvalue weighted by Crippen LogP contribution is 2.22. The van der Waals surface area contributed by atoms with Gasteiger partial charge in [-0.05, 0) is 19.8 Å². The van der Waals surface area contributed by atoms with Crippen molar-refractivity contribution in [2.75, 3.05) is 26.8 Å². The number of rotatable bonds is 6. The molecule has 0 aliphatic carbocycles. The molecule has 21 heavy (non-hydrogen) atoms. The third-order valence-electron chi connectivity index (χ3n) is 3.50. The Morgan fingerprint density at radius 1 is 1.48 bits per heavy atom. The van der Waals surface area contributed by atoms with Gasteiger partial charge >= 0.3 is 0 Å². The summed E-state index contributed by atoms with van der Waals surface area (Å²) >= 11 is 0. The molecule has 0 radical (unpaired) electrons. The topological polar surface area (TPSA) is 52.4 Å². The molecule has 6 heteroatoms. The number of hydrogen-bond donors (Lipinski definition) is 0. The maximum atomic E-state index is 6.05. The molecule has 0 saturated carbocycles. The SMILES string of the molecule is COC[C@@H]1CN(Cc2ncnn2CC(C)C)CC(C)(C)O1. The van der Waals surface area contributed by atoms with Crippen molar-refractivity contribution in [1.82, 2.24) is 19.7 Å². The van der Waals surface area contributed by atoms with Gasteiger partial charge in [-0.25, -0.2) is 9.67 Å². The molecular weight excluding hydrogens is 268 g/mol. The van der Waals surface area contributed by atoms with E-state index in [0.29, 0.717) is 12.5 Å². The Morgan fingerprint density at radius 3 is 2.90 bits per heavy atom.